The summed E-state index contributed by atoms with van der Waals surface area (Å²) >= 11 is 12.0. The highest BCUT2D eigenvalue weighted by Gasteiger charge is 2.12. The van der Waals surface area contributed by atoms with Crippen LogP contribution in [0.5, 0.6) is 0 Å². The largest absolute Gasteiger partial charge is 0.310 e. The van der Waals surface area contributed by atoms with Gasteiger partial charge in [-0.15, -0.1) is 0 Å². The second-order valence-corrected chi connectivity index (χ2v) is 7.24. The molecule has 1 nitrogen and oxygen atoms in total. The monoisotopic (exact) mass is 463 g/mol. The van der Waals surface area contributed by atoms with E-state index in [0.29, 0.717) is 0 Å². The zero-order chi connectivity index (χ0) is 14.5. The Morgan fingerprint density at radius 2 is 1.90 bits per heavy atom. The second kappa shape index (κ2) is 7.78. The van der Waals surface area contributed by atoms with Crippen molar-refractivity contribution < 1.29 is 0 Å². The molecule has 1 N–H and O–H groups in total. The van der Waals surface area contributed by atoms with Gasteiger partial charge in [0.05, 0.1) is 0 Å². The van der Waals surface area contributed by atoms with Crippen LogP contribution in [0.2, 0.25) is 5.02 Å². The van der Waals surface area contributed by atoms with Gasteiger partial charge in [-0.2, -0.15) is 0 Å². The Kier molecular flexibility index (Phi) is 6.33. The fourth-order valence-corrected chi connectivity index (χ4v) is 3.43. The van der Waals surface area contributed by atoms with Crippen molar-refractivity contribution in [1.29, 1.82) is 0 Å². The summed E-state index contributed by atoms with van der Waals surface area (Å²) in [5, 5.41) is 4.30. The molecule has 0 aromatic heterocycles. The molecule has 20 heavy (non-hydrogen) atoms. The minimum Gasteiger partial charge on any atom is -0.310 e. The van der Waals surface area contributed by atoms with E-state index in [4.69, 9.17) is 11.6 Å². The number of nitrogens with one attached hydrogen (secondary N) is 1. The minimum absolute atomic E-state index is 0.273. The van der Waals surface area contributed by atoms with E-state index in [1.807, 2.05) is 12.1 Å². The lowest BCUT2D eigenvalue weighted by molar-refractivity contribution is 0.549. The molecule has 2 rings (SSSR count). The Morgan fingerprint density at radius 1 is 1.20 bits per heavy atom. The van der Waals surface area contributed by atoms with Gasteiger partial charge in [0.15, 0.2) is 0 Å². The van der Waals surface area contributed by atoms with Crippen LogP contribution in [0.1, 0.15) is 24.1 Å². The third-order valence-corrected chi connectivity index (χ3v) is 4.49. The average Bonchev–Trinajstić information content (AvgIpc) is 2.39. The number of likely N-dealkylation sites (N-methyl/N-ethyl adjacent to an activating group) is 1. The van der Waals surface area contributed by atoms with E-state index in [9.17, 15) is 0 Å². The molecule has 4 heteroatoms. The highest BCUT2D eigenvalue weighted by atomic mass is 127. The van der Waals surface area contributed by atoms with E-state index in [1.165, 1.54) is 14.7 Å². The fraction of sp³-hybridized carbons (Fsp3) is 0.250. The summed E-state index contributed by atoms with van der Waals surface area (Å²) in [6.07, 6.45) is 0.956. The smallest absolute Gasteiger partial charge is 0.0420 e. The zero-order valence-corrected chi connectivity index (χ0v) is 15.7. The molecule has 2 aromatic carbocycles. The van der Waals surface area contributed by atoms with Gasteiger partial charge in [-0.1, -0.05) is 46.6 Å². The molecule has 0 heterocycles. The Bertz CT molecular complexity index is 551. The number of benzene rings is 2. The standard InChI is InChI=1S/C16H16BrClIN/c1-2-20-16(7-11-3-5-15(19)6-4-11)12-8-13(17)10-14(18)9-12/h3-6,8-10,16,20H,2,7H2,1H3. The van der Waals surface area contributed by atoms with Crippen molar-refractivity contribution in [3.05, 3.63) is 66.7 Å². The SMILES string of the molecule is CCNC(Cc1ccc(I)cc1)c1cc(Cl)cc(Br)c1. The van der Waals surface area contributed by atoms with Crippen molar-refractivity contribution in [2.24, 2.45) is 0 Å². The minimum atomic E-state index is 0.273. The molecule has 0 bridgehead atoms. The fourth-order valence-electron chi connectivity index (χ4n) is 2.19. The highest BCUT2D eigenvalue weighted by Crippen LogP contribution is 2.26. The zero-order valence-electron chi connectivity index (χ0n) is 11.2. The van der Waals surface area contributed by atoms with Gasteiger partial charge in [0.2, 0.25) is 0 Å². The van der Waals surface area contributed by atoms with Crippen LogP contribution in [0.15, 0.2) is 46.9 Å². The molecule has 1 atom stereocenters. The number of hydrogen-bond acceptors (Lipinski definition) is 1. The van der Waals surface area contributed by atoms with Crippen LogP contribution in [0.4, 0.5) is 0 Å². The molecule has 0 saturated heterocycles. The maximum atomic E-state index is 6.16. The summed E-state index contributed by atoms with van der Waals surface area (Å²) in [7, 11) is 0. The van der Waals surface area contributed by atoms with Crippen molar-refractivity contribution in [3.8, 4) is 0 Å². The summed E-state index contributed by atoms with van der Waals surface area (Å²) in [5.74, 6) is 0. The molecule has 1 unspecified atom stereocenters. The molecular formula is C16H16BrClIN. The Labute approximate surface area is 147 Å². The highest BCUT2D eigenvalue weighted by molar-refractivity contribution is 14.1. The van der Waals surface area contributed by atoms with Crippen molar-refractivity contribution in [1.82, 2.24) is 5.32 Å². The summed E-state index contributed by atoms with van der Waals surface area (Å²) in [4.78, 5) is 0. The molecule has 0 aliphatic carbocycles. The number of halogens is 3. The van der Waals surface area contributed by atoms with Crippen LogP contribution in [0, 0.1) is 3.57 Å². The van der Waals surface area contributed by atoms with Crippen LogP contribution in [-0.4, -0.2) is 6.54 Å². The van der Waals surface area contributed by atoms with E-state index >= 15 is 0 Å². The Morgan fingerprint density at radius 3 is 2.50 bits per heavy atom. The molecular weight excluding hydrogens is 448 g/mol. The molecule has 0 amide bonds. The van der Waals surface area contributed by atoms with Gasteiger partial charge in [0.25, 0.3) is 0 Å². The van der Waals surface area contributed by atoms with Crippen molar-refractivity contribution in [2.45, 2.75) is 19.4 Å². The molecule has 0 aliphatic rings. The summed E-state index contributed by atoms with van der Waals surface area (Å²) in [6.45, 7) is 3.06. The first-order valence-corrected chi connectivity index (χ1v) is 8.77. The third kappa shape index (κ3) is 4.72. The lowest BCUT2D eigenvalue weighted by Gasteiger charge is -2.19. The topological polar surface area (TPSA) is 12.0 Å². The van der Waals surface area contributed by atoms with E-state index < -0.39 is 0 Å². The van der Waals surface area contributed by atoms with Gasteiger partial charge in [0.1, 0.15) is 0 Å². The summed E-state index contributed by atoms with van der Waals surface area (Å²) in [5.41, 5.74) is 2.54. The lowest BCUT2D eigenvalue weighted by Crippen LogP contribution is -2.23. The maximum Gasteiger partial charge on any atom is 0.0420 e. The lowest BCUT2D eigenvalue weighted by atomic mass is 9.99. The van der Waals surface area contributed by atoms with Crippen LogP contribution in [0.25, 0.3) is 0 Å². The Hall–Kier alpha value is -0.100. The first-order chi connectivity index (χ1) is 9.58. The Balaban J connectivity index is 2.23. The third-order valence-electron chi connectivity index (χ3n) is 3.09. The quantitative estimate of drug-likeness (QED) is 0.568. The van der Waals surface area contributed by atoms with E-state index in [0.717, 1.165) is 22.5 Å². The summed E-state index contributed by atoms with van der Waals surface area (Å²) in [6, 6.07) is 15.0. The van der Waals surface area contributed by atoms with Gasteiger partial charge in [-0.25, -0.2) is 0 Å². The molecule has 0 spiro atoms. The predicted octanol–water partition coefficient (Wildman–Crippen LogP) is 5.60. The van der Waals surface area contributed by atoms with Gasteiger partial charge in [-0.3, -0.25) is 0 Å². The normalized spacial score (nSPS) is 12.4. The van der Waals surface area contributed by atoms with Crippen LogP contribution < -0.4 is 5.32 Å². The van der Waals surface area contributed by atoms with E-state index in [-0.39, 0.29) is 6.04 Å². The van der Waals surface area contributed by atoms with E-state index in [1.54, 1.807) is 0 Å². The van der Waals surface area contributed by atoms with Gasteiger partial charge < -0.3 is 5.32 Å². The van der Waals surface area contributed by atoms with Crippen molar-refractivity contribution in [2.75, 3.05) is 6.54 Å². The van der Waals surface area contributed by atoms with Gasteiger partial charge >= 0.3 is 0 Å². The average molecular weight is 465 g/mol. The summed E-state index contributed by atoms with van der Waals surface area (Å²) < 4.78 is 2.28. The van der Waals surface area contributed by atoms with E-state index in [2.05, 4.69) is 81.1 Å². The maximum absolute atomic E-state index is 6.16. The molecule has 0 radical (unpaired) electrons. The molecule has 106 valence electrons. The van der Waals surface area contributed by atoms with Crippen LogP contribution >= 0.6 is 50.1 Å². The molecule has 0 fully saturated rings. The predicted molar refractivity (Wildman–Crippen MR) is 98.4 cm³/mol. The van der Waals surface area contributed by atoms with Gasteiger partial charge in [-0.05, 0) is 77.0 Å². The van der Waals surface area contributed by atoms with Crippen molar-refractivity contribution in [3.63, 3.8) is 0 Å². The first-order valence-electron chi connectivity index (χ1n) is 6.52. The van der Waals surface area contributed by atoms with Crippen molar-refractivity contribution >= 4 is 50.1 Å². The molecule has 2 aromatic rings. The van der Waals surface area contributed by atoms with Gasteiger partial charge in [0, 0.05) is 19.1 Å². The van der Waals surface area contributed by atoms with Crippen LogP contribution in [-0.2, 0) is 6.42 Å². The molecule has 0 aliphatic heterocycles. The second-order valence-electron chi connectivity index (χ2n) is 4.64. The first kappa shape index (κ1) is 16.3. The number of rotatable bonds is 5. The van der Waals surface area contributed by atoms with Crippen LogP contribution in [0.3, 0.4) is 0 Å². The number of hydrogen-bond donors (Lipinski definition) is 1. The molecule has 0 saturated carbocycles.